The molecule has 1 atom stereocenters. The van der Waals surface area contributed by atoms with Gasteiger partial charge in [-0.3, -0.25) is 19.3 Å². The number of likely N-dealkylation sites (N-methyl/N-ethyl adjacent to an activating group) is 1. The standard InChI is InChI=1S/C27H41ClN4O4/c1-19(2)14-21-18-36-24-11-10-20(28)15-23(24)27(35)29-12-6-7-13-32(16-25(33)30-21)26(34)17-31(3)22-8-4-5-9-22/h10-11,15,19,21-22H,4-9,12-14,16-18H2,1-3H3,(H,29,35)(H,30,33)/t21-/m1/s1. The second-order valence-corrected chi connectivity index (χ2v) is 10.9. The van der Waals surface area contributed by atoms with Crippen LogP contribution in [0.4, 0.5) is 0 Å². The molecule has 3 amide bonds. The van der Waals surface area contributed by atoms with Crippen molar-refractivity contribution in [3.8, 4) is 5.75 Å². The number of fused-ring (bicyclic) bond motifs is 1. The molecule has 1 aliphatic heterocycles. The number of benzene rings is 1. The molecule has 0 saturated heterocycles. The average Bonchev–Trinajstić information content (AvgIpc) is 3.36. The molecule has 1 aromatic rings. The SMILES string of the molecule is CC(C)C[C@@H]1COc2ccc(Cl)cc2C(=O)NCCCCN(C(=O)CN(C)C2CCCC2)CC(=O)N1. The molecule has 1 aromatic carbocycles. The van der Waals surface area contributed by atoms with Crippen molar-refractivity contribution < 1.29 is 19.1 Å². The minimum absolute atomic E-state index is 0.0183. The van der Waals surface area contributed by atoms with Gasteiger partial charge in [0.15, 0.2) is 0 Å². The molecule has 0 unspecified atom stereocenters. The number of carbonyl (C=O) groups excluding carboxylic acids is 3. The van der Waals surface area contributed by atoms with Gasteiger partial charge in [-0.25, -0.2) is 0 Å². The number of carbonyl (C=O) groups is 3. The van der Waals surface area contributed by atoms with Crippen LogP contribution >= 0.6 is 11.6 Å². The summed E-state index contributed by atoms with van der Waals surface area (Å²) in [5.41, 5.74) is 0.374. The molecule has 200 valence electrons. The third-order valence-electron chi connectivity index (χ3n) is 6.91. The summed E-state index contributed by atoms with van der Waals surface area (Å²) < 4.78 is 6.01. The van der Waals surface area contributed by atoms with Crippen molar-refractivity contribution in [2.45, 2.75) is 70.9 Å². The highest BCUT2D eigenvalue weighted by molar-refractivity contribution is 6.31. The molecular formula is C27H41ClN4O4. The topological polar surface area (TPSA) is 91.0 Å². The monoisotopic (exact) mass is 520 g/mol. The maximum atomic E-state index is 13.2. The van der Waals surface area contributed by atoms with Crippen LogP contribution in [0.1, 0.15) is 69.2 Å². The zero-order valence-corrected chi connectivity index (χ0v) is 22.6. The van der Waals surface area contributed by atoms with Crippen molar-refractivity contribution in [1.29, 1.82) is 0 Å². The molecule has 1 heterocycles. The van der Waals surface area contributed by atoms with Crippen molar-refractivity contribution in [3.05, 3.63) is 28.8 Å². The zero-order chi connectivity index (χ0) is 26.1. The van der Waals surface area contributed by atoms with E-state index in [1.165, 1.54) is 12.8 Å². The zero-order valence-electron chi connectivity index (χ0n) is 21.9. The highest BCUT2D eigenvalue weighted by Gasteiger charge is 2.26. The minimum atomic E-state index is -0.257. The van der Waals surface area contributed by atoms with Crippen molar-refractivity contribution in [3.63, 3.8) is 0 Å². The Hall–Kier alpha value is -2.32. The predicted molar refractivity (Wildman–Crippen MR) is 141 cm³/mol. The Morgan fingerprint density at radius 1 is 1.19 bits per heavy atom. The van der Waals surface area contributed by atoms with Crippen molar-refractivity contribution in [2.75, 3.05) is 39.8 Å². The lowest BCUT2D eigenvalue weighted by Gasteiger charge is -2.29. The quantitative estimate of drug-likeness (QED) is 0.620. The number of halogens is 1. The first kappa shape index (κ1) is 28.3. The second-order valence-electron chi connectivity index (χ2n) is 10.5. The van der Waals surface area contributed by atoms with Crippen LogP contribution in [0.15, 0.2) is 18.2 Å². The molecule has 0 spiro atoms. The third-order valence-corrected chi connectivity index (χ3v) is 7.14. The van der Waals surface area contributed by atoms with Gasteiger partial charge in [0.05, 0.1) is 24.7 Å². The number of nitrogens with one attached hydrogen (secondary N) is 2. The fourth-order valence-corrected chi connectivity index (χ4v) is 5.16. The van der Waals surface area contributed by atoms with E-state index in [0.29, 0.717) is 67.2 Å². The van der Waals surface area contributed by atoms with Crippen LogP contribution < -0.4 is 15.4 Å². The average molecular weight is 521 g/mol. The first-order chi connectivity index (χ1) is 17.2. The van der Waals surface area contributed by atoms with Crippen LogP contribution in [0.3, 0.4) is 0 Å². The molecular weight excluding hydrogens is 480 g/mol. The van der Waals surface area contributed by atoms with Crippen LogP contribution in [-0.2, 0) is 9.59 Å². The molecule has 2 N–H and O–H groups in total. The molecule has 3 rings (SSSR count). The lowest BCUT2D eigenvalue weighted by atomic mass is 10.0. The van der Waals surface area contributed by atoms with Crippen LogP contribution in [0.25, 0.3) is 0 Å². The van der Waals surface area contributed by atoms with E-state index in [1.54, 1.807) is 23.1 Å². The van der Waals surface area contributed by atoms with Gasteiger partial charge in [-0.1, -0.05) is 38.3 Å². The molecule has 0 bridgehead atoms. The highest BCUT2D eigenvalue weighted by Crippen LogP contribution is 2.24. The largest absolute Gasteiger partial charge is 0.491 e. The van der Waals surface area contributed by atoms with E-state index in [-0.39, 0.29) is 36.9 Å². The fraction of sp³-hybridized carbons (Fsp3) is 0.667. The summed E-state index contributed by atoms with van der Waals surface area (Å²) in [6.45, 7) is 5.62. The Morgan fingerprint density at radius 2 is 1.94 bits per heavy atom. The van der Waals surface area contributed by atoms with Gasteiger partial charge in [0.25, 0.3) is 5.91 Å². The number of rotatable bonds is 5. The predicted octanol–water partition coefficient (Wildman–Crippen LogP) is 3.48. The molecule has 9 heteroatoms. The van der Waals surface area contributed by atoms with E-state index >= 15 is 0 Å². The first-order valence-electron chi connectivity index (χ1n) is 13.2. The minimum Gasteiger partial charge on any atom is -0.491 e. The molecule has 0 aromatic heterocycles. The van der Waals surface area contributed by atoms with Crippen molar-refractivity contribution >= 4 is 29.3 Å². The second kappa shape index (κ2) is 13.8. The van der Waals surface area contributed by atoms with Crippen molar-refractivity contribution in [2.24, 2.45) is 5.92 Å². The highest BCUT2D eigenvalue weighted by atomic mass is 35.5. The number of amides is 3. The van der Waals surface area contributed by atoms with Gasteiger partial charge < -0.3 is 20.3 Å². The van der Waals surface area contributed by atoms with Gasteiger partial charge in [-0.2, -0.15) is 0 Å². The van der Waals surface area contributed by atoms with E-state index < -0.39 is 0 Å². The summed E-state index contributed by atoms with van der Waals surface area (Å²) in [7, 11) is 2.00. The first-order valence-corrected chi connectivity index (χ1v) is 13.6. The summed E-state index contributed by atoms with van der Waals surface area (Å²) in [5, 5.41) is 6.45. The Morgan fingerprint density at radius 3 is 2.67 bits per heavy atom. The lowest BCUT2D eigenvalue weighted by Crippen LogP contribution is -2.49. The van der Waals surface area contributed by atoms with E-state index in [9.17, 15) is 14.4 Å². The van der Waals surface area contributed by atoms with Crippen molar-refractivity contribution in [1.82, 2.24) is 20.4 Å². The van der Waals surface area contributed by atoms with E-state index in [1.807, 2.05) is 7.05 Å². The van der Waals surface area contributed by atoms with Gasteiger partial charge in [0.1, 0.15) is 12.4 Å². The van der Waals surface area contributed by atoms with Gasteiger partial charge in [-0.15, -0.1) is 0 Å². The van der Waals surface area contributed by atoms with E-state index in [0.717, 1.165) is 12.8 Å². The summed E-state index contributed by atoms with van der Waals surface area (Å²) >= 11 is 6.14. The molecule has 8 nitrogen and oxygen atoms in total. The third kappa shape index (κ3) is 8.66. The number of hydrogen-bond acceptors (Lipinski definition) is 5. The van der Waals surface area contributed by atoms with Crippen LogP contribution in [0, 0.1) is 5.92 Å². The van der Waals surface area contributed by atoms with Gasteiger partial charge in [-0.05, 0) is 63.3 Å². The molecule has 1 aliphatic carbocycles. The van der Waals surface area contributed by atoms with Crippen LogP contribution in [0.5, 0.6) is 5.75 Å². The Balaban J connectivity index is 1.73. The molecule has 2 aliphatic rings. The maximum absolute atomic E-state index is 13.2. The van der Waals surface area contributed by atoms with Gasteiger partial charge in [0, 0.05) is 24.2 Å². The molecule has 1 saturated carbocycles. The van der Waals surface area contributed by atoms with Gasteiger partial charge >= 0.3 is 0 Å². The molecule has 0 radical (unpaired) electrons. The Labute approximate surface area is 220 Å². The van der Waals surface area contributed by atoms with Gasteiger partial charge in [0.2, 0.25) is 11.8 Å². The normalized spacial score (nSPS) is 20.8. The molecule has 1 fully saturated rings. The van der Waals surface area contributed by atoms with Crippen LogP contribution in [0.2, 0.25) is 5.02 Å². The van der Waals surface area contributed by atoms with E-state index in [4.69, 9.17) is 16.3 Å². The summed E-state index contributed by atoms with van der Waals surface area (Å²) in [6.07, 6.45) is 6.72. The maximum Gasteiger partial charge on any atom is 0.255 e. The van der Waals surface area contributed by atoms with E-state index in [2.05, 4.69) is 29.4 Å². The number of nitrogens with zero attached hydrogens (tertiary/aromatic N) is 2. The molecule has 36 heavy (non-hydrogen) atoms. The Bertz CT molecular complexity index is 904. The van der Waals surface area contributed by atoms with Crippen LogP contribution in [-0.4, -0.2) is 79.4 Å². The number of hydrogen-bond donors (Lipinski definition) is 2. The smallest absolute Gasteiger partial charge is 0.255 e. The summed E-state index contributed by atoms with van der Waals surface area (Å²) in [5.74, 6) is 0.277. The fourth-order valence-electron chi connectivity index (χ4n) is 4.98. The lowest BCUT2D eigenvalue weighted by molar-refractivity contribution is -0.137. The summed E-state index contributed by atoms with van der Waals surface area (Å²) in [4.78, 5) is 42.9. The Kier molecular flexibility index (Phi) is 10.9. The number of ether oxygens (including phenoxy) is 1. The summed E-state index contributed by atoms with van der Waals surface area (Å²) in [6, 6.07) is 5.15.